The van der Waals surface area contributed by atoms with Gasteiger partial charge in [-0.2, -0.15) is 28.6 Å². The van der Waals surface area contributed by atoms with Gasteiger partial charge in [-0.3, -0.25) is 9.11 Å². The maximum absolute atomic E-state index is 12.8. The zero-order valence-corrected chi connectivity index (χ0v) is 19.4. The van der Waals surface area contributed by atoms with Crippen molar-refractivity contribution in [1.82, 2.24) is 25.2 Å². The Morgan fingerprint density at radius 1 is 1.09 bits per heavy atom. The Hall–Kier alpha value is -2.70. The highest BCUT2D eigenvalue weighted by molar-refractivity contribution is 7.85. The lowest BCUT2D eigenvalue weighted by Gasteiger charge is -2.33. The highest BCUT2D eigenvalue weighted by Gasteiger charge is 2.33. The fraction of sp³-hybridized carbons (Fsp3) is 0.381. The Morgan fingerprint density at radius 3 is 2.53 bits per heavy atom. The number of H-pyrrole nitrogens is 1. The van der Waals surface area contributed by atoms with Gasteiger partial charge in [0.1, 0.15) is 17.6 Å². The van der Waals surface area contributed by atoms with E-state index < -0.39 is 33.7 Å². The summed E-state index contributed by atoms with van der Waals surface area (Å²) in [5.41, 5.74) is 0.818. The molecule has 0 saturated carbocycles. The molecule has 2 aromatic carbocycles. The summed E-state index contributed by atoms with van der Waals surface area (Å²) in [5.74, 6) is 0.447. The summed E-state index contributed by atoms with van der Waals surface area (Å²) in [4.78, 5) is 16.7. The van der Waals surface area contributed by atoms with E-state index in [9.17, 15) is 22.2 Å². The average molecular weight is 516 g/mol. The number of benzene rings is 2. The monoisotopic (exact) mass is 515 g/mol. The minimum atomic E-state index is -4.54. The van der Waals surface area contributed by atoms with Crippen LogP contribution in [0, 0.1) is 0 Å². The number of piperazine rings is 1. The summed E-state index contributed by atoms with van der Waals surface area (Å²) >= 11 is 5.70. The van der Waals surface area contributed by atoms with Gasteiger partial charge in [-0.05, 0) is 35.9 Å². The lowest BCUT2D eigenvalue weighted by atomic mass is 10.1. The Labute approximate surface area is 200 Å². The molecule has 2 heterocycles. The molecule has 1 saturated heterocycles. The molecule has 0 radical (unpaired) electrons. The third kappa shape index (κ3) is 5.86. The van der Waals surface area contributed by atoms with Crippen molar-refractivity contribution in [2.45, 2.75) is 17.7 Å². The van der Waals surface area contributed by atoms with Gasteiger partial charge in [0.05, 0.1) is 21.4 Å². The molecule has 1 fully saturated rings. The van der Waals surface area contributed by atoms with Crippen molar-refractivity contribution in [2.24, 2.45) is 0 Å². The number of amides is 1. The number of halogens is 4. The molecule has 1 unspecified atom stereocenters. The molecule has 1 N–H and O–H groups in total. The van der Waals surface area contributed by atoms with Crippen LogP contribution in [-0.2, 0) is 28.3 Å². The van der Waals surface area contributed by atoms with E-state index in [0.29, 0.717) is 60.0 Å². The molecule has 1 amide bonds. The van der Waals surface area contributed by atoms with Crippen LogP contribution >= 0.6 is 11.6 Å². The molecule has 8 nitrogen and oxygen atoms in total. The first-order valence-corrected chi connectivity index (χ1v) is 12.1. The fourth-order valence-electron chi connectivity index (χ4n) is 3.56. The summed E-state index contributed by atoms with van der Waals surface area (Å²) < 4.78 is 56.2. The molecular weight excluding hydrogens is 495 g/mol. The molecule has 1 atom stereocenters. The van der Waals surface area contributed by atoms with E-state index >= 15 is 0 Å². The number of hydrogen-bond donors (Lipinski definition) is 1. The van der Waals surface area contributed by atoms with Crippen molar-refractivity contribution in [2.75, 3.05) is 38.5 Å². The number of carbonyl (C=O) groups is 1. The molecule has 1 aliphatic heterocycles. The van der Waals surface area contributed by atoms with Crippen molar-refractivity contribution >= 4 is 39.5 Å². The maximum atomic E-state index is 12.8. The quantitative estimate of drug-likeness (QED) is 0.538. The van der Waals surface area contributed by atoms with Crippen LogP contribution in [-0.4, -0.2) is 74.0 Å². The molecule has 4 rings (SSSR count). The molecule has 0 spiro atoms. The molecule has 34 heavy (non-hydrogen) atoms. The highest BCUT2D eigenvalue weighted by atomic mass is 35.5. The largest absolute Gasteiger partial charge is 0.445 e. The van der Waals surface area contributed by atoms with Crippen molar-refractivity contribution in [3.05, 3.63) is 52.5 Å². The lowest BCUT2D eigenvalue weighted by molar-refractivity contribution is -0.137. The van der Waals surface area contributed by atoms with Gasteiger partial charge in [-0.25, -0.2) is 4.79 Å². The van der Waals surface area contributed by atoms with Crippen LogP contribution < -0.4 is 0 Å². The Kier molecular flexibility index (Phi) is 7.39. The number of aromatic amines is 1. The maximum Gasteiger partial charge on any atom is 0.417 e. The topological polar surface area (TPSA) is 91.4 Å². The van der Waals surface area contributed by atoms with E-state index in [2.05, 4.69) is 20.3 Å². The summed E-state index contributed by atoms with van der Waals surface area (Å²) in [6, 6.07) is 8.56. The molecule has 0 bridgehead atoms. The highest BCUT2D eigenvalue weighted by Crippen LogP contribution is 2.35. The van der Waals surface area contributed by atoms with Crippen molar-refractivity contribution in [1.29, 1.82) is 0 Å². The molecule has 3 aromatic rings. The molecular formula is C21H21ClF3N5O3S. The zero-order chi connectivity index (χ0) is 24.3. The van der Waals surface area contributed by atoms with E-state index in [1.807, 2.05) is 0 Å². The predicted octanol–water partition coefficient (Wildman–Crippen LogP) is 3.69. The standard InChI is InChI=1S/C21H21ClF3N5O3S/c22-17-11-14(1-3-16(17)21(23,24)25)13-33-20(31)30-7-5-29(6-8-30)9-10-34(32)15-2-4-18-19(12-15)27-28-26-18/h1-4,11-12H,5-10,13H2,(H,26,27,28). The van der Waals surface area contributed by atoms with Gasteiger partial charge in [0.2, 0.25) is 0 Å². The van der Waals surface area contributed by atoms with Crippen molar-refractivity contribution in [3.63, 3.8) is 0 Å². The Morgan fingerprint density at radius 2 is 1.82 bits per heavy atom. The number of alkyl halides is 3. The minimum absolute atomic E-state index is 0.175. The first kappa shape index (κ1) is 24.4. The van der Waals surface area contributed by atoms with E-state index in [1.165, 1.54) is 11.0 Å². The van der Waals surface area contributed by atoms with E-state index in [4.69, 9.17) is 16.3 Å². The number of nitrogens with one attached hydrogen (secondary N) is 1. The molecule has 13 heteroatoms. The van der Waals surface area contributed by atoms with Crippen LogP contribution in [0.15, 0.2) is 41.3 Å². The molecule has 1 aliphatic rings. The first-order chi connectivity index (χ1) is 16.2. The van der Waals surface area contributed by atoms with E-state index in [0.717, 1.165) is 12.1 Å². The fourth-order valence-corrected chi connectivity index (χ4v) is 4.99. The average Bonchev–Trinajstić information content (AvgIpc) is 3.28. The summed E-state index contributed by atoms with van der Waals surface area (Å²) in [6.45, 7) is 2.50. The summed E-state index contributed by atoms with van der Waals surface area (Å²) in [6.07, 6.45) is -5.08. The SMILES string of the molecule is O=C(OCc1ccc(C(F)(F)F)c(Cl)c1)N1CCN(CCS(=O)c2ccc3n[nH]nc3c2)CC1. The number of ether oxygens (including phenoxy) is 1. The number of hydrogen-bond acceptors (Lipinski definition) is 6. The smallest absolute Gasteiger partial charge is 0.417 e. The predicted molar refractivity (Wildman–Crippen MR) is 120 cm³/mol. The summed E-state index contributed by atoms with van der Waals surface area (Å²) in [5, 5.41) is 10.1. The second-order valence-corrected chi connectivity index (χ2v) is 9.70. The van der Waals surface area contributed by atoms with Crippen LogP contribution in [0.4, 0.5) is 18.0 Å². The van der Waals surface area contributed by atoms with Crippen LogP contribution in [0.25, 0.3) is 11.0 Å². The van der Waals surface area contributed by atoms with Gasteiger partial charge in [0.15, 0.2) is 0 Å². The van der Waals surface area contributed by atoms with Crippen molar-refractivity contribution < 1.29 is 26.9 Å². The van der Waals surface area contributed by atoms with Gasteiger partial charge < -0.3 is 9.64 Å². The molecule has 182 valence electrons. The third-order valence-corrected chi connectivity index (χ3v) is 7.12. The van der Waals surface area contributed by atoms with Gasteiger partial charge in [0, 0.05) is 43.4 Å². The Bertz CT molecular complexity index is 1200. The molecule has 1 aromatic heterocycles. The van der Waals surface area contributed by atoms with Gasteiger partial charge in [0.25, 0.3) is 0 Å². The van der Waals surface area contributed by atoms with E-state index in [-0.39, 0.29) is 6.61 Å². The second-order valence-electron chi connectivity index (χ2n) is 7.72. The zero-order valence-electron chi connectivity index (χ0n) is 17.8. The van der Waals surface area contributed by atoms with Crippen LogP contribution in [0.2, 0.25) is 5.02 Å². The van der Waals surface area contributed by atoms with Gasteiger partial charge in [-0.1, -0.05) is 17.7 Å². The third-order valence-electron chi connectivity index (χ3n) is 5.48. The van der Waals surface area contributed by atoms with E-state index in [1.54, 1.807) is 18.2 Å². The number of carbonyl (C=O) groups excluding carboxylic acids is 1. The number of rotatable bonds is 6. The van der Waals surface area contributed by atoms with Crippen LogP contribution in [0.3, 0.4) is 0 Å². The van der Waals surface area contributed by atoms with Crippen LogP contribution in [0.1, 0.15) is 11.1 Å². The van der Waals surface area contributed by atoms with Crippen LogP contribution in [0.5, 0.6) is 0 Å². The van der Waals surface area contributed by atoms with Crippen molar-refractivity contribution in [3.8, 4) is 0 Å². The van der Waals surface area contributed by atoms with Gasteiger partial charge in [-0.15, -0.1) is 0 Å². The first-order valence-electron chi connectivity index (χ1n) is 10.4. The van der Waals surface area contributed by atoms with Gasteiger partial charge >= 0.3 is 12.3 Å². The number of nitrogens with zero attached hydrogens (tertiary/aromatic N) is 4. The molecule has 0 aliphatic carbocycles. The second kappa shape index (κ2) is 10.3. The lowest BCUT2D eigenvalue weighted by Crippen LogP contribution is -2.49. The normalized spacial score (nSPS) is 16.1. The number of aromatic nitrogens is 3. The number of fused-ring (bicyclic) bond motifs is 1. The summed E-state index contributed by atoms with van der Waals surface area (Å²) in [7, 11) is -1.19. The minimum Gasteiger partial charge on any atom is -0.445 e. The Balaban J connectivity index is 1.21.